The number of para-hydroxylation sites is 1. The van der Waals surface area contributed by atoms with E-state index in [1.165, 1.54) is 0 Å². The molecule has 1 aliphatic heterocycles. The van der Waals surface area contributed by atoms with Crippen molar-refractivity contribution in [2.45, 2.75) is 18.7 Å². The largest absolute Gasteiger partial charge is 0.304 e. The van der Waals surface area contributed by atoms with Crippen LogP contribution in [0.2, 0.25) is 0 Å². The van der Waals surface area contributed by atoms with Crippen LogP contribution in [0, 0.1) is 5.92 Å². The van der Waals surface area contributed by atoms with Crippen molar-refractivity contribution in [1.29, 1.82) is 0 Å². The van der Waals surface area contributed by atoms with Crippen LogP contribution in [0.4, 0.5) is 0 Å². The normalized spacial score (nSPS) is 23.2. The van der Waals surface area contributed by atoms with Crippen molar-refractivity contribution < 1.29 is 8.42 Å². The van der Waals surface area contributed by atoms with Gasteiger partial charge in [-0.2, -0.15) is 0 Å². The molecule has 0 radical (unpaired) electrons. The molecule has 0 spiro atoms. The van der Waals surface area contributed by atoms with Crippen molar-refractivity contribution in [2.24, 2.45) is 5.92 Å². The molecule has 1 aromatic heterocycles. The van der Waals surface area contributed by atoms with Crippen LogP contribution in [0.3, 0.4) is 0 Å². The molecule has 2 aromatic rings. The van der Waals surface area contributed by atoms with Crippen LogP contribution in [0.5, 0.6) is 0 Å². The van der Waals surface area contributed by atoms with Crippen molar-refractivity contribution in [3.05, 3.63) is 42.1 Å². The molecular weight excluding hydrogens is 298 g/mol. The maximum Gasteiger partial charge on any atom is 0.216 e. The number of pyridine rings is 1. The number of hydrogen-bond donors (Lipinski definition) is 1. The summed E-state index contributed by atoms with van der Waals surface area (Å²) in [6.07, 6.45) is 1.69. The van der Waals surface area contributed by atoms with E-state index in [0.717, 1.165) is 29.6 Å². The van der Waals surface area contributed by atoms with Gasteiger partial charge in [-0.05, 0) is 24.6 Å². The molecule has 0 bridgehead atoms. The van der Waals surface area contributed by atoms with Crippen LogP contribution in [-0.2, 0) is 15.8 Å². The molecule has 1 aromatic carbocycles. The van der Waals surface area contributed by atoms with E-state index >= 15 is 0 Å². The molecule has 3 rings (SSSR count). The third-order valence-corrected chi connectivity index (χ3v) is 5.54. The number of benzene rings is 1. The molecule has 22 heavy (non-hydrogen) atoms. The third-order valence-electron chi connectivity index (χ3n) is 4.19. The Morgan fingerprint density at radius 3 is 2.77 bits per heavy atom. The highest BCUT2D eigenvalue weighted by Gasteiger charge is 2.30. The third kappa shape index (κ3) is 3.29. The molecule has 5 nitrogen and oxygen atoms in total. The first kappa shape index (κ1) is 15.4. The van der Waals surface area contributed by atoms with E-state index in [9.17, 15) is 8.42 Å². The first-order valence-corrected chi connectivity index (χ1v) is 9.11. The summed E-state index contributed by atoms with van der Waals surface area (Å²) in [7, 11) is -1.37. The number of fused-ring (bicyclic) bond motifs is 1. The number of nitrogens with zero attached hydrogens (tertiary/aromatic N) is 2. The Labute approximate surface area is 131 Å². The zero-order valence-electron chi connectivity index (χ0n) is 12.9. The summed E-state index contributed by atoms with van der Waals surface area (Å²) in [4.78, 5) is 6.47. The predicted octanol–water partition coefficient (Wildman–Crippen LogP) is 1.60. The summed E-state index contributed by atoms with van der Waals surface area (Å²) in [5.41, 5.74) is 1.50. The van der Waals surface area contributed by atoms with Gasteiger partial charge in [0.1, 0.15) is 0 Å². The molecular formula is C16H21N3O2S. The average Bonchev–Trinajstić information content (AvgIpc) is 2.76. The highest BCUT2D eigenvalue weighted by Crippen LogP contribution is 2.20. The molecule has 0 amide bonds. The summed E-state index contributed by atoms with van der Waals surface area (Å²) in [6.45, 7) is 3.76. The predicted molar refractivity (Wildman–Crippen MR) is 88.0 cm³/mol. The zero-order valence-corrected chi connectivity index (χ0v) is 13.7. The quantitative estimate of drug-likeness (QED) is 0.930. The lowest BCUT2D eigenvalue weighted by atomic mass is 10.1. The maximum absolute atomic E-state index is 12.5. The minimum absolute atomic E-state index is 0.0158. The van der Waals surface area contributed by atoms with Gasteiger partial charge in [-0.3, -0.25) is 4.98 Å². The van der Waals surface area contributed by atoms with Gasteiger partial charge in [0, 0.05) is 30.7 Å². The van der Waals surface area contributed by atoms with E-state index in [1.54, 1.807) is 6.20 Å². The van der Waals surface area contributed by atoms with Gasteiger partial charge < -0.3 is 4.90 Å². The molecule has 1 saturated heterocycles. The van der Waals surface area contributed by atoms with Crippen LogP contribution in [0.15, 0.2) is 36.5 Å². The van der Waals surface area contributed by atoms with Gasteiger partial charge in [0.25, 0.3) is 0 Å². The van der Waals surface area contributed by atoms with E-state index in [2.05, 4.69) is 21.5 Å². The lowest BCUT2D eigenvalue weighted by Crippen LogP contribution is -2.40. The number of sulfonamides is 1. The highest BCUT2D eigenvalue weighted by molar-refractivity contribution is 7.88. The van der Waals surface area contributed by atoms with Crippen molar-refractivity contribution >= 4 is 20.9 Å². The number of rotatable bonds is 4. The van der Waals surface area contributed by atoms with E-state index in [-0.39, 0.29) is 11.8 Å². The number of likely N-dealkylation sites (N-methyl/N-ethyl adjacent to an activating group) is 1. The monoisotopic (exact) mass is 319 g/mol. The molecule has 2 heterocycles. The zero-order chi connectivity index (χ0) is 15.7. The van der Waals surface area contributed by atoms with Gasteiger partial charge in [0.15, 0.2) is 0 Å². The average molecular weight is 319 g/mol. The Morgan fingerprint density at radius 2 is 2.05 bits per heavy atom. The fraction of sp³-hybridized carbons (Fsp3) is 0.438. The SMILES string of the molecule is CC1CN(C)CC1NS(=O)(=O)Cc1cccc2cccnc12. The Morgan fingerprint density at radius 1 is 1.27 bits per heavy atom. The standard InChI is InChI=1S/C16H21N3O2S/c1-12-9-19(2)10-15(12)18-22(20,21)11-14-6-3-5-13-7-4-8-17-16(13)14/h3-8,12,15,18H,9-11H2,1-2H3. The number of likely N-dealkylation sites (tertiary alicyclic amines) is 1. The molecule has 0 aliphatic carbocycles. The Bertz CT molecular complexity index is 771. The minimum Gasteiger partial charge on any atom is -0.304 e. The lowest BCUT2D eigenvalue weighted by Gasteiger charge is -2.17. The number of hydrogen-bond acceptors (Lipinski definition) is 4. The van der Waals surface area contributed by atoms with E-state index in [1.807, 2.05) is 37.4 Å². The Hall–Kier alpha value is -1.50. The summed E-state index contributed by atoms with van der Waals surface area (Å²) in [5, 5.41) is 0.962. The van der Waals surface area contributed by atoms with Crippen LogP contribution in [0.25, 0.3) is 10.9 Å². The smallest absolute Gasteiger partial charge is 0.216 e. The van der Waals surface area contributed by atoms with Crippen molar-refractivity contribution in [2.75, 3.05) is 20.1 Å². The molecule has 2 atom stereocenters. The van der Waals surface area contributed by atoms with Gasteiger partial charge in [-0.1, -0.05) is 31.2 Å². The minimum atomic E-state index is -3.38. The summed E-state index contributed by atoms with van der Waals surface area (Å²) in [5.74, 6) is 0.291. The van der Waals surface area contributed by atoms with E-state index < -0.39 is 10.0 Å². The van der Waals surface area contributed by atoms with Gasteiger partial charge >= 0.3 is 0 Å². The second-order valence-electron chi connectivity index (χ2n) is 6.17. The van der Waals surface area contributed by atoms with Crippen LogP contribution >= 0.6 is 0 Å². The fourth-order valence-corrected chi connectivity index (χ4v) is 4.62. The number of nitrogens with one attached hydrogen (secondary N) is 1. The molecule has 1 aliphatic rings. The second kappa shape index (κ2) is 5.95. The highest BCUT2D eigenvalue weighted by atomic mass is 32.2. The van der Waals surface area contributed by atoms with Crippen molar-refractivity contribution in [3.63, 3.8) is 0 Å². The Balaban J connectivity index is 1.81. The molecule has 1 N–H and O–H groups in total. The van der Waals surface area contributed by atoms with Crippen LogP contribution < -0.4 is 4.72 Å². The summed E-state index contributed by atoms with van der Waals surface area (Å²) < 4.78 is 27.8. The summed E-state index contributed by atoms with van der Waals surface area (Å²) >= 11 is 0. The van der Waals surface area contributed by atoms with Crippen molar-refractivity contribution in [3.8, 4) is 0 Å². The molecule has 6 heteroatoms. The summed E-state index contributed by atoms with van der Waals surface area (Å²) in [6, 6.07) is 9.44. The lowest BCUT2D eigenvalue weighted by molar-refractivity contribution is 0.400. The fourth-order valence-electron chi connectivity index (χ4n) is 3.12. The molecule has 118 valence electrons. The van der Waals surface area contributed by atoms with Crippen molar-refractivity contribution in [1.82, 2.24) is 14.6 Å². The second-order valence-corrected chi connectivity index (χ2v) is 7.93. The molecule has 0 saturated carbocycles. The van der Waals surface area contributed by atoms with Gasteiger partial charge in [-0.15, -0.1) is 0 Å². The van der Waals surface area contributed by atoms with Crippen LogP contribution in [0.1, 0.15) is 12.5 Å². The van der Waals surface area contributed by atoms with Crippen LogP contribution in [-0.4, -0.2) is 44.5 Å². The maximum atomic E-state index is 12.5. The van der Waals surface area contributed by atoms with E-state index in [0.29, 0.717) is 5.92 Å². The van der Waals surface area contributed by atoms with Gasteiger partial charge in [0.2, 0.25) is 10.0 Å². The van der Waals surface area contributed by atoms with E-state index in [4.69, 9.17) is 0 Å². The molecule has 1 fully saturated rings. The first-order chi connectivity index (χ1) is 10.4. The number of aromatic nitrogens is 1. The van der Waals surface area contributed by atoms with Gasteiger partial charge in [0.05, 0.1) is 11.3 Å². The first-order valence-electron chi connectivity index (χ1n) is 7.46. The topological polar surface area (TPSA) is 62.3 Å². The van der Waals surface area contributed by atoms with Gasteiger partial charge in [-0.25, -0.2) is 13.1 Å². The molecule has 2 unspecified atom stereocenters. The Kier molecular flexibility index (Phi) is 4.16.